The van der Waals surface area contributed by atoms with Gasteiger partial charge in [0.15, 0.2) is 0 Å². The van der Waals surface area contributed by atoms with Gasteiger partial charge in [-0.05, 0) is 38.4 Å². The van der Waals surface area contributed by atoms with Crippen LogP contribution in [0, 0.1) is 5.92 Å². The number of rotatable bonds is 7. The lowest BCUT2D eigenvalue weighted by atomic mass is 10.1. The van der Waals surface area contributed by atoms with Crippen molar-refractivity contribution < 1.29 is 4.79 Å². The molecule has 1 unspecified atom stereocenters. The molecule has 0 aliphatic carbocycles. The van der Waals surface area contributed by atoms with E-state index in [1.54, 1.807) is 0 Å². The quantitative estimate of drug-likeness (QED) is 0.694. The van der Waals surface area contributed by atoms with E-state index in [9.17, 15) is 4.79 Å². The maximum Gasteiger partial charge on any atom is 0.233 e. The number of amides is 1. The van der Waals surface area contributed by atoms with Crippen molar-refractivity contribution in [1.82, 2.24) is 15.5 Å². The van der Waals surface area contributed by atoms with Crippen LogP contribution in [-0.2, 0) is 4.79 Å². The van der Waals surface area contributed by atoms with Crippen molar-refractivity contribution in [2.24, 2.45) is 5.92 Å². The number of hydrogen-bond acceptors (Lipinski definition) is 3. The van der Waals surface area contributed by atoms with Crippen LogP contribution in [0.5, 0.6) is 0 Å². The molecule has 4 nitrogen and oxygen atoms in total. The van der Waals surface area contributed by atoms with Crippen molar-refractivity contribution >= 4 is 5.91 Å². The van der Waals surface area contributed by atoms with Gasteiger partial charge >= 0.3 is 0 Å². The van der Waals surface area contributed by atoms with E-state index in [1.807, 2.05) is 6.92 Å². The predicted octanol–water partition coefficient (Wildman–Crippen LogP) is 0.834. The average Bonchev–Trinajstić information content (AvgIpc) is 2.35. The highest BCUT2D eigenvalue weighted by Gasteiger charge is 2.13. The smallest absolute Gasteiger partial charge is 0.233 e. The minimum atomic E-state index is 0.109. The Morgan fingerprint density at radius 1 is 1.29 bits per heavy atom. The lowest BCUT2D eigenvalue weighted by Crippen LogP contribution is -2.40. The van der Waals surface area contributed by atoms with Crippen molar-refractivity contribution in [3.63, 3.8) is 0 Å². The van der Waals surface area contributed by atoms with E-state index in [1.165, 1.54) is 32.4 Å². The van der Waals surface area contributed by atoms with Crippen molar-refractivity contribution in [3.8, 4) is 0 Å². The fraction of sp³-hybridized carbons (Fsp3) is 0.923. The Balaban J connectivity index is 2.07. The molecular formula is C13H27N3O. The van der Waals surface area contributed by atoms with E-state index >= 15 is 0 Å². The van der Waals surface area contributed by atoms with Crippen LogP contribution in [0.3, 0.4) is 0 Å². The molecule has 1 rings (SSSR count). The molecule has 2 N–H and O–H groups in total. The maximum absolute atomic E-state index is 11.4. The molecule has 0 aromatic rings. The van der Waals surface area contributed by atoms with Gasteiger partial charge in [-0.15, -0.1) is 0 Å². The Kier molecular flexibility index (Phi) is 7.21. The van der Waals surface area contributed by atoms with Gasteiger partial charge in [-0.25, -0.2) is 0 Å². The number of nitrogens with one attached hydrogen (secondary N) is 2. The maximum atomic E-state index is 11.4. The number of carbonyl (C=O) groups is 1. The summed E-state index contributed by atoms with van der Waals surface area (Å²) in [6.07, 6.45) is 4.04. The highest BCUT2D eigenvalue weighted by Crippen LogP contribution is 2.10. The van der Waals surface area contributed by atoms with Gasteiger partial charge < -0.3 is 15.5 Å². The molecular weight excluding hydrogens is 214 g/mol. The summed E-state index contributed by atoms with van der Waals surface area (Å²) in [5, 5.41) is 6.01. The summed E-state index contributed by atoms with van der Waals surface area (Å²) < 4.78 is 0. The molecule has 0 aromatic heterocycles. The fourth-order valence-corrected chi connectivity index (χ4v) is 2.24. The first-order chi connectivity index (χ1) is 8.22. The summed E-state index contributed by atoms with van der Waals surface area (Å²) in [6.45, 7) is 9.87. The normalized spacial score (nSPS) is 18.9. The number of nitrogens with zero attached hydrogens (tertiary/aromatic N) is 1. The molecule has 4 heteroatoms. The van der Waals surface area contributed by atoms with Gasteiger partial charge in [-0.1, -0.05) is 20.3 Å². The highest BCUT2D eigenvalue weighted by molar-refractivity contribution is 5.77. The molecule has 0 radical (unpaired) electrons. The summed E-state index contributed by atoms with van der Waals surface area (Å²) >= 11 is 0. The molecule has 0 aromatic carbocycles. The minimum absolute atomic E-state index is 0.109. The molecule has 1 amide bonds. The number of likely N-dealkylation sites (N-methyl/N-ethyl adjacent to an activating group) is 1. The Morgan fingerprint density at radius 2 is 2.00 bits per heavy atom. The van der Waals surface area contributed by atoms with Gasteiger partial charge in [0.25, 0.3) is 0 Å². The van der Waals surface area contributed by atoms with E-state index in [0.717, 1.165) is 19.6 Å². The third-order valence-electron chi connectivity index (χ3n) is 3.20. The predicted molar refractivity (Wildman–Crippen MR) is 71.0 cm³/mol. The second-order valence-corrected chi connectivity index (χ2v) is 5.05. The van der Waals surface area contributed by atoms with E-state index in [2.05, 4.69) is 22.5 Å². The molecule has 1 aliphatic rings. The summed E-state index contributed by atoms with van der Waals surface area (Å²) in [6, 6.07) is 0. The zero-order chi connectivity index (χ0) is 12.5. The highest BCUT2D eigenvalue weighted by atomic mass is 16.1. The molecule has 17 heavy (non-hydrogen) atoms. The number of carbonyl (C=O) groups excluding carboxylic acids is 1. The van der Waals surface area contributed by atoms with Crippen LogP contribution in [0.25, 0.3) is 0 Å². The first-order valence-corrected chi connectivity index (χ1v) is 6.92. The van der Waals surface area contributed by atoms with Gasteiger partial charge in [0.2, 0.25) is 5.91 Å². The largest absolute Gasteiger partial charge is 0.355 e. The Bertz CT molecular complexity index is 215. The lowest BCUT2D eigenvalue weighted by Gasteiger charge is -2.29. The summed E-state index contributed by atoms with van der Waals surface area (Å²) in [4.78, 5) is 13.9. The van der Waals surface area contributed by atoms with Crippen LogP contribution in [0.2, 0.25) is 0 Å². The topological polar surface area (TPSA) is 44.4 Å². The molecule has 100 valence electrons. The summed E-state index contributed by atoms with van der Waals surface area (Å²) in [5.74, 6) is 0.649. The average molecular weight is 241 g/mol. The van der Waals surface area contributed by atoms with Crippen molar-refractivity contribution in [1.29, 1.82) is 0 Å². The zero-order valence-corrected chi connectivity index (χ0v) is 11.3. The monoisotopic (exact) mass is 241 g/mol. The summed E-state index contributed by atoms with van der Waals surface area (Å²) in [5.41, 5.74) is 0. The third kappa shape index (κ3) is 6.64. The second-order valence-electron chi connectivity index (χ2n) is 5.05. The summed E-state index contributed by atoms with van der Waals surface area (Å²) in [7, 11) is 0. The minimum Gasteiger partial charge on any atom is -0.355 e. The van der Waals surface area contributed by atoms with E-state index in [0.29, 0.717) is 12.5 Å². The molecule has 0 spiro atoms. The van der Waals surface area contributed by atoms with Crippen LogP contribution >= 0.6 is 0 Å². The van der Waals surface area contributed by atoms with E-state index in [4.69, 9.17) is 0 Å². The van der Waals surface area contributed by atoms with Gasteiger partial charge in [-0.2, -0.15) is 0 Å². The van der Waals surface area contributed by atoms with Crippen LogP contribution in [0.1, 0.15) is 33.1 Å². The van der Waals surface area contributed by atoms with Crippen LogP contribution in [-0.4, -0.2) is 50.1 Å². The van der Waals surface area contributed by atoms with Crippen LogP contribution in [0.4, 0.5) is 0 Å². The van der Waals surface area contributed by atoms with Gasteiger partial charge in [0.05, 0.1) is 6.54 Å². The Labute approximate surface area is 105 Å². The van der Waals surface area contributed by atoms with E-state index in [-0.39, 0.29) is 5.91 Å². The molecule has 0 bridgehead atoms. The molecule has 1 heterocycles. The molecule has 1 saturated heterocycles. The van der Waals surface area contributed by atoms with Gasteiger partial charge in [0, 0.05) is 13.1 Å². The first kappa shape index (κ1) is 14.5. The molecule has 0 saturated carbocycles. The Morgan fingerprint density at radius 3 is 2.65 bits per heavy atom. The molecule has 1 fully saturated rings. The van der Waals surface area contributed by atoms with Crippen LogP contribution < -0.4 is 10.6 Å². The SMILES string of the molecule is CCNCC(=O)NCC(C)CN1CCCCC1. The molecule has 1 atom stereocenters. The number of likely N-dealkylation sites (tertiary alicyclic amines) is 1. The standard InChI is InChI=1S/C13H27N3O/c1-3-14-10-13(17)15-9-12(2)11-16-7-5-4-6-8-16/h12,14H,3-11H2,1-2H3,(H,15,17). The zero-order valence-electron chi connectivity index (χ0n) is 11.3. The van der Waals surface area contributed by atoms with Crippen molar-refractivity contribution in [2.45, 2.75) is 33.1 Å². The van der Waals surface area contributed by atoms with Crippen LogP contribution in [0.15, 0.2) is 0 Å². The van der Waals surface area contributed by atoms with Crippen molar-refractivity contribution in [3.05, 3.63) is 0 Å². The number of piperidine rings is 1. The molecule has 1 aliphatic heterocycles. The van der Waals surface area contributed by atoms with Crippen molar-refractivity contribution in [2.75, 3.05) is 39.3 Å². The second kappa shape index (κ2) is 8.48. The lowest BCUT2D eigenvalue weighted by molar-refractivity contribution is -0.120. The number of hydrogen-bond donors (Lipinski definition) is 2. The fourth-order valence-electron chi connectivity index (χ4n) is 2.24. The third-order valence-corrected chi connectivity index (χ3v) is 3.20. The van der Waals surface area contributed by atoms with Gasteiger partial charge in [0.1, 0.15) is 0 Å². The van der Waals surface area contributed by atoms with E-state index < -0.39 is 0 Å². The Hall–Kier alpha value is -0.610. The van der Waals surface area contributed by atoms with Gasteiger partial charge in [-0.3, -0.25) is 4.79 Å². The first-order valence-electron chi connectivity index (χ1n) is 6.92.